The summed E-state index contributed by atoms with van der Waals surface area (Å²) in [6.45, 7) is 2.06. The van der Waals surface area contributed by atoms with E-state index in [1.807, 2.05) is 12.1 Å². The van der Waals surface area contributed by atoms with E-state index in [-0.39, 0.29) is 6.10 Å². The molecule has 0 spiro atoms. The van der Waals surface area contributed by atoms with Gasteiger partial charge in [-0.2, -0.15) is 0 Å². The number of rotatable bonds is 6. The molecule has 0 bridgehead atoms. The molecule has 0 saturated heterocycles. The predicted molar refractivity (Wildman–Crippen MR) is 84.0 cm³/mol. The highest BCUT2D eigenvalue weighted by Crippen LogP contribution is 2.25. The smallest absolute Gasteiger partial charge is 0.166 e. The Morgan fingerprint density at radius 1 is 0.947 bits per heavy atom. The Hall–Kier alpha value is -1.64. The summed E-state index contributed by atoms with van der Waals surface area (Å²) in [6.07, 6.45) is 4.37. The Labute approximate surface area is 117 Å². The Balaban J connectivity index is 2.14. The van der Waals surface area contributed by atoms with Crippen LogP contribution in [0.3, 0.4) is 0 Å². The van der Waals surface area contributed by atoms with Gasteiger partial charge in [-0.1, -0.05) is 72.8 Å². The average molecular weight is 268 g/mol. The zero-order valence-electron chi connectivity index (χ0n) is 11.3. The highest BCUT2D eigenvalue weighted by atomic mass is 28.2. The molecule has 0 saturated carbocycles. The molecule has 2 heteroatoms. The van der Waals surface area contributed by atoms with E-state index in [2.05, 4.69) is 67.6 Å². The second kappa shape index (κ2) is 7.72. The summed E-state index contributed by atoms with van der Waals surface area (Å²) in [4.78, 5) is 0. The van der Waals surface area contributed by atoms with Gasteiger partial charge in [0.05, 0.1) is 6.10 Å². The first kappa shape index (κ1) is 13.8. The molecule has 0 aromatic heterocycles. The van der Waals surface area contributed by atoms with Gasteiger partial charge >= 0.3 is 0 Å². The summed E-state index contributed by atoms with van der Waals surface area (Å²) in [7, 11) is -0.522. The van der Waals surface area contributed by atoms with E-state index in [9.17, 15) is 0 Å². The normalized spacial score (nSPS) is 11.9. The first-order valence-corrected chi connectivity index (χ1v) is 8.32. The molecule has 98 valence electrons. The van der Waals surface area contributed by atoms with Gasteiger partial charge < -0.3 is 4.43 Å². The number of hydrogen-bond donors (Lipinski definition) is 0. The van der Waals surface area contributed by atoms with Gasteiger partial charge in [0, 0.05) is 0 Å². The maximum absolute atomic E-state index is 6.20. The monoisotopic (exact) mass is 268 g/mol. The number of benzene rings is 2. The minimum atomic E-state index is -0.522. The topological polar surface area (TPSA) is 9.23 Å². The maximum Gasteiger partial charge on any atom is 0.166 e. The molecule has 1 nitrogen and oxygen atoms in total. The molecule has 0 fully saturated rings. The first-order chi connectivity index (χ1) is 9.42. The van der Waals surface area contributed by atoms with Crippen molar-refractivity contribution in [2.24, 2.45) is 0 Å². The summed E-state index contributed by atoms with van der Waals surface area (Å²) in [5, 5.41) is 0. The fourth-order valence-corrected chi connectivity index (χ4v) is 3.29. The van der Waals surface area contributed by atoms with Crippen LogP contribution in [0, 0.1) is 0 Å². The molecule has 0 amide bonds. The van der Waals surface area contributed by atoms with E-state index in [4.69, 9.17) is 4.43 Å². The van der Waals surface area contributed by atoms with Gasteiger partial charge in [0.25, 0.3) is 0 Å². The Bertz CT molecular complexity index is 454. The van der Waals surface area contributed by atoms with Crippen LogP contribution in [-0.4, -0.2) is 9.76 Å². The molecule has 0 unspecified atom stereocenters. The molecular weight excluding hydrogens is 248 g/mol. The predicted octanol–water partition coefficient (Wildman–Crippen LogP) is 3.87. The quantitative estimate of drug-likeness (QED) is 0.439. The lowest BCUT2D eigenvalue weighted by Crippen LogP contribution is -2.09. The molecule has 2 aromatic carbocycles. The van der Waals surface area contributed by atoms with Crippen molar-refractivity contribution in [3.05, 3.63) is 83.9 Å². The fourth-order valence-electron chi connectivity index (χ4n) is 2.06. The van der Waals surface area contributed by atoms with Gasteiger partial charge in [0.15, 0.2) is 9.76 Å². The summed E-state index contributed by atoms with van der Waals surface area (Å²) >= 11 is 0. The average Bonchev–Trinajstić information content (AvgIpc) is 2.49. The van der Waals surface area contributed by atoms with Crippen LogP contribution in [0.25, 0.3) is 0 Å². The summed E-state index contributed by atoms with van der Waals surface area (Å²) < 4.78 is 6.20. The first-order valence-electron chi connectivity index (χ1n) is 6.74. The third kappa shape index (κ3) is 4.19. The minimum absolute atomic E-state index is 0.0827. The second-order valence-corrected chi connectivity index (χ2v) is 5.75. The van der Waals surface area contributed by atoms with Gasteiger partial charge in [-0.3, -0.25) is 0 Å². The highest BCUT2D eigenvalue weighted by Gasteiger charge is 2.13. The molecule has 0 aliphatic carbocycles. The molecule has 0 radical (unpaired) electrons. The highest BCUT2D eigenvalue weighted by molar-refractivity contribution is 6.28. The van der Waals surface area contributed by atoms with Crippen molar-refractivity contribution in [1.29, 1.82) is 0 Å². The fraction of sp³-hybridized carbons (Fsp3) is 0.176. The van der Waals surface area contributed by atoms with Gasteiger partial charge in [0.2, 0.25) is 0 Å². The van der Waals surface area contributed by atoms with Crippen molar-refractivity contribution in [2.75, 3.05) is 0 Å². The standard InChI is InChI=1S/C17H20OSi/c1-2-3-14-19-18-17(15-10-6-4-7-11-15)16-12-8-5-9-13-16/h2-13,17H,14,19H2,1H3. The van der Waals surface area contributed by atoms with Crippen LogP contribution in [0.5, 0.6) is 0 Å². The van der Waals surface area contributed by atoms with E-state index in [1.54, 1.807) is 0 Å². The molecule has 0 N–H and O–H groups in total. The van der Waals surface area contributed by atoms with Gasteiger partial charge in [-0.25, -0.2) is 0 Å². The van der Waals surface area contributed by atoms with Gasteiger partial charge in [0.1, 0.15) is 0 Å². The number of hydrogen-bond acceptors (Lipinski definition) is 1. The second-order valence-electron chi connectivity index (χ2n) is 4.43. The summed E-state index contributed by atoms with van der Waals surface area (Å²) in [5.74, 6) is 0. The van der Waals surface area contributed by atoms with Crippen LogP contribution in [0.15, 0.2) is 72.8 Å². The SMILES string of the molecule is CC=CC[SiH2]OC(c1ccccc1)c1ccccc1. The van der Waals surface area contributed by atoms with Gasteiger partial charge in [-0.15, -0.1) is 0 Å². The molecule has 0 atom stereocenters. The lowest BCUT2D eigenvalue weighted by atomic mass is 10.0. The van der Waals surface area contributed by atoms with Crippen LogP contribution in [0.2, 0.25) is 6.04 Å². The van der Waals surface area contributed by atoms with Crippen LogP contribution in [0.4, 0.5) is 0 Å². The maximum atomic E-state index is 6.20. The zero-order valence-corrected chi connectivity index (χ0v) is 12.7. The van der Waals surface area contributed by atoms with E-state index >= 15 is 0 Å². The van der Waals surface area contributed by atoms with E-state index in [0.717, 1.165) is 6.04 Å². The lowest BCUT2D eigenvalue weighted by Gasteiger charge is -2.19. The third-order valence-electron chi connectivity index (χ3n) is 3.01. The summed E-state index contributed by atoms with van der Waals surface area (Å²) in [5.41, 5.74) is 2.48. The zero-order chi connectivity index (χ0) is 13.3. The third-order valence-corrected chi connectivity index (χ3v) is 4.15. The van der Waals surface area contributed by atoms with Crippen molar-refractivity contribution in [3.63, 3.8) is 0 Å². The summed E-state index contributed by atoms with van der Waals surface area (Å²) in [6, 6.07) is 22.0. The number of allylic oxidation sites excluding steroid dienone is 2. The van der Waals surface area contributed by atoms with E-state index in [0.29, 0.717) is 0 Å². The molecule has 0 aliphatic heterocycles. The largest absolute Gasteiger partial charge is 0.413 e. The molecule has 0 heterocycles. The van der Waals surface area contributed by atoms with Crippen LogP contribution in [0.1, 0.15) is 24.2 Å². The Kier molecular flexibility index (Phi) is 5.60. The molecular formula is C17H20OSi. The lowest BCUT2D eigenvalue weighted by molar-refractivity contribution is 0.262. The van der Waals surface area contributed by atoms with E-state index in [1.165, 1.54) is 11.1 Å². The Morgan fingerprint density at radius 2 is 1.47 bits per heavy atom. The molecule has 0 aliphatic rings. The Morgan fingerprint density at radius 3 is 1.95 bits per heavy atom. The molecule has 19 heavy (non-hydrogen) atoms. The molecule has 2 aromatic rings. The van der Waals surface area contributed by atoms with Crippen molar-refractivity contribution < 1.29 is 4.43 Å². The van der Waals surface area contributed by atoms with Crippen molar-refractivity contribution in [1.82, 2.24) is 0 Å². The van der Waals surface area contributed by atoms with Crippen molar-refractivity contribution in [3.8, 4) is 0 Å². The van der Waals surface area contributed by atoms with Crippen LogP contribution < -0.4 is 0 Å². The molecule has 2 rings (SSSR count). The van der Waals surface area contributed by atoms with Crippen LogP contribution >= 0.6 is 0 Å². The van der Waals surface area contributed by atoms with E-state index < -0.39 is 9.76 Å². The van der Waals surface area contributed by atoms with Gasteiger partial charge in [-0.05, 0) is 24.1 Å². The minimum Gasteiger partial charge on any atom is -0.413 e. The van der Waals surface area contributed by atoms with Crippen LogP contribution in [-0.2, 0) is 4.43 Å². The van der Waals surface area contributed by atoms with Crippen molar-refractivity contribution >= 4 is 9.76 Å². The van der Waals surface area contributed by atoms with Crippen molar-refractivity contribution in [2.45, 2.75) is 19.1 Å².